The van der Waals surface area contributed by atoms with Gasteiger partial charge in [0.15, 0.2) is 0 Å². The van der Waals surface area contributed by atoms with Crippen molar-refractivity contribution in [2.24, 2.45) is 0 Å². The van der Waals surface area contributed by atoms with E-state index in [1.54, 1.807) is 12.1 Å². The molecule has 0 saturated heterocycles. The summed E-state index contributed by atoms with van der Waals surface area (Å²) in [6.07, 6.45) is -3.66. The lowest BCUT2D eigenvalue weighted by Gasteiger charge is -2.08. The number of hydrogen-bond acceptors (Lipinski definition) is 0. The summed E-state index contributed by atoms with van der Waals surface area (Å²) in [5, 5.41) is 1.12. The van der Waals surface area contributed by atoms with Crippen molar-refractivity contribution in [1.29, 1.82) is 0 Å². The third-order valence-corrected chi connectivity index (χ3v) is 3.69. The second kappa shape index (κ2) is 6.05. The van der Waals surface area contributed by atoms with Crippen LogP contribution in [0.15, 0.2) is 48.5 Å². The predicted octanol–water partition coefficient (Wildman–Crippen LogP) is 5.51. The molecule has 3 aromatic rings. The number of H-pyrrole nitrogens is 1. The van der Waals surface area contributed by atoms with Crippen molar-refractivity contribution in [2.45, 2.75) is 19.5 Å². The van der Waals surface area contributed by atoms with Gasteiger partial charge in [0.05, 0.1) is 5.56 Å². The quantitative estimate of drug-likeness (QED) is 0.639. The first-order chi connectivity index (χ1) is 9.95. The van der Waals surface area contributed by atoms with E-state index in [1.165, 1.54) is 0 Å². The lowest BCUT2D eigenvalue weighted by Crippen LogP contribution is -2.04. The van der Waals surface area contributed by atoms with E-state index < -0.39 is 11.7 Å². The number of rotatable bonds is 2. The molecule has 22 heavy (non-hydrogen) atoms. The summed E-state index contributed by atoms with van der Waals surface area (Å²) in [7, 11) is 0. The third kappa shape index (κ3) is 3.12. The number of aryl methyl sites for hydroxylation is 1. The lowest BCUT2D eigenvalue weighted by atomic mass is 10.0. The molecule has 1 N–H and O–H groups in total. The maximum absolute atomic E-state index is 12.6. The van der Waals surface area contributed by atoms with Gasteiger partial charge in [-0.3, -0.25) is 0 Å². The fourth-order valence-corrected chi connectivity index (χ4v) is 2.58. The average molecular weight is 326 g/mol. The van der Waals surface area contributed by atoms with Crippen LogP contribution in [0.1, 0.15) is 22.4 Å². The van der Waals surface area contributed by atoms with Gasteiger partial charge in [0.2, 0.25) is 0 Å². The number of alkyl halides is 3. The highest BCUT2D eigenvalue weighted by molar-refractivity contribution is 5.85. The zero-order chi connectivity index (χ0) is 15.0. The number of para-hydroxylation sites is 1. The van der Waals surface area contributed by atoms with Crippen molar-refractivity contribution in [3.63, 3.8) is 0 Å². The van der Waals surface area contributed by atoms with Crippen molar-refractivity contribution in [2.75, 3.05) is 0 Å². The van der Waals surface area contributed by atoms with E-state index in [1.807, 2.05) is 31.2 Å². The lowest BCUT2D eigenvalue weighted by molar-refractivity contribution is -0.137. The summed E-state index contributed by atoms with van der Waals surface area (Å²) in [5.41, 5.74) is 3.50. The number of halogens is 4. The molecular weight excluding hydrogens is 311 g/mol. The van der Waals surface area contributed by atoms with Crippen molar-refractivity contribution >= 4 is 23.3 Å². The van der Waals surface area contributed by atoms with Crippen LogP contribution in [0.4, 0.5) is 13.2 Å². The molecule has 0 unspecified atom stereocenters. The Morgan fingerprint density at radius 3 is 2.23 bits per heavy atom. The smallest absolute Gasteiger partial charge is 0.358 e. The first-order valence-corrected chi connectivity index (χ1v) is 6.67. The summed E-state index contributed by atoms with van der Waals surface area (Å²) < 4.78 is 37.7. The molecule has 0 aliphatic carbocycles. The number of nitrogens with one attached hydrogen (secondary N) is 1. The maximum Gasteiger partial charge on any atom is 0.416 e. The molecule has 2 aromatic carbocycles. The highest BCUT2D eigenvalue weighted by Gasteiger charge is 2.29. The summed E-state index contributed by atoms with van der Waals surface area (Å²) >= 11 is 0. The minimum Gasteiger partial charge on any atom is -0.358 e. The van der Waals surface area contributed by atoms with Gasteiger partial charge in [-0.25, -0.2) is 0 Å². The molecule has 0 radical (unpaired) electrons. The van der Waals surface area contributed by atoms with E-state index in [0.717, 1.165) is 39.9 Å². The van der Waals surface area contributed by atoms with Crippen LogP contribution in [0, 0.1) is 6.92 Å². The molecule has 0 bridgehead atoms. The van der Waals surface area contributed by atoms with Crippen LogP contribution in [0.3, 0.4) is 0 Å². The highest BCUT2D eigenvalue weighted by Crippen LogP contribution is 2.30. The van der Waals surface area contributed by atoms with E-state index >= 15 is 0 Å². The Hall–Kier alpha value is -1.94. The Bertz CT molecular complexity index is 773. The van der Waals surface area contributed by atoms with Crippen LogP contribution in [0.25, 0.3) is 10.9 Å². The van der Waals surface area contributed by atoms with Gasteiger partial charge in [0.25, 0.3) is 0 Å². The maximum atomic E-state index is 12.6. The van der Waals surface area contributed by atoms with Gasteiger partial charge in [-0.05, 0) is 42.7 Å². The minimum atomic E-state index is -4.28. The summed E-state index contributed by atoms with van der Waals surface area (Å²) in [6.45, 7) is 1.99. The molecule has 0 fully saturated rings. The molecule has 1 heterocycles. The second-order valence-corrected chi connectivity index (χ2v) is 5.15. The van der Waals surface area contributed by atoms with E-state index in [2.05, 4.69) is 4.98 Å². The number of aromatic amines is 1. The molecule has 1 nitrogen and oxygen atoms in total. The van der Waals surface area contributed by atoms with Gasteiger partial charge in [-0.1, -0.05) is 30.3 Å². The fourth-order valence-electron chi connectivity index (χ4n) is 2.58. The van der Waals surface area contributed by atoms with Crippen LogP contribution in [0.2, 0.25) is 0 Å². The first kappa shape index (κ1) is 16.4. The Balaban J connectivity index is 0.00000176. The topological polar surface area (TPSA) is 15.8 Å². The Morgan fingerprint density at radius 2 is 1.59 bits per heavy atom. The number of fused-ring (bicyclic) bond motifs is 1. The molecule has 1 aromatic heterocycles. The highest BCUT2D eigenvalue weighted by atomic mass is 35.5. The second-order valence-electron chi connectivity index (χ2n) is 5.15. The minimum absolute atomic E-state index is 0. The molecule has 116 valence electrons. The normalized spacial score (nSPS) is 11.5. The Kier molecular flexibility index (Phi) is 4.52. The Morgan fingerprint density at radius 1 is 0.955 bits per heavy atom. The molecule has 0 spiro atoms. The van der Waals surface area contributed by atoms with Crippen LogP contribution >= 0.6 is 12.4 Å². The molecule has 3 rings (SSSR count). The van der Waals surface area contributed by atoms with Crippen molar-refractivity contribution < 1.29 is 13.2 Å². The molecule has 0 amide bonds. The Labute approximate surface area is 132 Å². The van der Waals surface area contributed by atoms with Crippen LogP contribution < -0.4 is 0 Å². The van der Waals surface area contributed by atoms with Gasteiger partial charge in [-0.2, -0.15) is 13.2 Å². The van der Waals surface area contributed by atoms with Gasteiger partial charge in [-0.15, -0.1) is 12.4 Å². The van der Waals surface area contributed by atoms with Crippen molar-refractivity contribution in [3.05, 3.63) is 70.9 Å². The van der Waals surface area contributed by atoms with E-state index in [4.69, 9.17) is 0 Å². The standard InChI is InChI=1S/C17H14F3N.ClH/c1-11-15(14-4-2-3-5-16(14)21-11)10-12-6-8-13(9-7-12)17(18,19)20;/h2-9,21H,10H2,1H3;1H. The SMILES string of the molecule is Cc1[nH]c2ccccc2c1Cc1ccc(C(F)(F)F)cc1.Cl. The van der Waals surface area contributed by atoms with Gasteiger partial charge >= 0.3 is 6.18 Å². The first-order valence-electron chi connectivity index (χ1n) is 6.67. The van der Waals surface area contributed by atoms with Crippen molar-refractivity contribution in [3.8, 4) is 0 Å². The van der Waals surface area contributed by atoms with E-state index in [0.29, 0.717) is 6.42 Å². The number of benzene rings is 2. The molecule has 5 heteroatoms. The zero-order valence-corrected chi connectivity index (χ0v) is 12.7. The molecule has 0 saturated carbocycles. The van der Waals surface area contributed by atoms with Gasteiger partial charge in [0.1, 0.15) is 0 Å². The monoisotopic (exact) mass is 325 g/mol. The summed E-state index contributed by atoms with van der Waals surface area (Å²) in [6, 6.07) is 13.3. The van der Waals surface area contributed by atoms with Crippen LogP contribution in [-0.2, 0) is 12.6 Å². The van der Waals surface area contributed by atoms with Crippen LogP contribution in [-0.4, -0.2) is 4.98 Å². The fraction of sp³-hybridized carbons (Fsp3) is 0.176. The number of aromatic nitrogens is 1. The molecule has 0 aliphatic heterocycles. The summed E-state index contributed by atoms with van der Waals surface area (Å²) in [4.78, 5) is 3.30. The van der Waals surface area contributed by atoms with Crippen LogP contribution in [0.5, 0.6) is 0 Å². The average Bonchev–Trinajstić information content (AvgIpc) is 2.75. The van der Waals surface area contributed by atoms with Gasteiger partial charge in [0, 0.05) is 16.6 Å². The number of hydrogen-bond donors (Lipinski definition) is 1. The van der Waals surface area contributed by atoms with E-state index in [9.17, 15) is 13.2 Å². The van der Waals surface area contributed by atoms with Gasteiger partial charge < -0.3 is 4.98 Å². The van der Waals surface area contributed by atoms with E-state index in [-0.39, 0.29) is 12.4 Å². The molecule has 0 aliphatic rings. The third-order valence-electron chi connectivity index (χ3n) is 3.69. The predicted molar refractivity (Wildman–Crippen MR) is 84.5 cm³/mol. The summed E-state index contributed by atoms with van der Waals surface area (Å²) in [5.74, 6) is 0. The molecule has 0 atom stereocenters. The zero-order valence-electron chi connectivity index (χ0n) is 11.9. The molecular formula is C17H15ClF3N. The largest absolute Gasteiger partial charge is 0.416 e. The van der Waals surface area contributed by atoms with Crippen molar-refractivity contribution in [1.82, 2.24) is 4.98 Å².